The second kappa shape index (κ2) is 8.31. The number of hydrogen-bond acceptors (Lipinski definition) is 4. The molecule has 2 N–H and O–H groups in total. The van der Waals surface area contributed by atoms with Crippen LogP contribution in [0.15, 0.2) is 60.1 Å². The number of rotatable bonds is 5. The molecule has 0 spiro atoms. The molecule has 1 amide bonds. The van der Waals surface area contributed by atoms with Crippen molar-refractivity contribution in [2.24, 2.45) is 0 Å². The molecule has 5 nitrogen and oxygen atoms in total. The van der Waals surface area contributed by atoms with Crippen LogP contribution in [0.3, 0.4) is 0 Å². The molecule has 3 heterocycles. The molecule has 7 heteroatoms. The summed E-state index contributed by atoms with van der Waals surface area (Å²) < 4.78 is 0. The summed E-state index contributed by atoms with van der Waals surface area (Å²) in [7, 11) is 0. The normalized spacial score (nSPS) is 18.6. The zero-order valence-corrected chi connectivity index (χ0v) is 17.9. The highest BCUT2D eigenvalue weighted by molar-refractivity contribution is 7.80. The maximum absolute atomic E-state index is 11.8. The molecule has 1 aliphatic heterocycles. The van der Waals surface area contributed by atoms with Crippen LogP contribution in [0.4, 0.5) is 11.4 Å². The minimum absolute atomic E-state index is 0.00545. The zero-order chi connectivity index (χ0) is 20.4. The second-order valence-electron chi connectivity index (χ2n) is 6.91. The van der Waals surface area contributed by atoms with E-state index >= 15 is 0 Å². The van der Waals surface area contributed by atoms with E-state index in [0.717, 1.165) is 22.6 Å². The minimum atomic E-state index is -0.0397. The summed E-state index contributed by atoms with van der Waals surface area (Å²) >= 11 is 7.45. The molecule has 1 aliphatic rings. The number of thiocarbonyl (C=S) groups is 1. The van der Waals surface area contributed by atoms with E-state index in [1.807, 2.05) is 50.4 Å². The summed E-state index contributed by atoms with van der Waals surface area (Å²) in [5.41, 5.74) is 3.77. The van der Waals surface area contributed by atoms with Crippen LogP contribution in [0.5, 0.6) is 0 Å². The first-order valence-electron chi connectivity index (χ1n) is 9.53. The van der Waals surface area contributed by atoms with Crippen molar-refractivity contribution in [2.75, 3.05) is 10.2 Å². The Kier molecular flexibility index (Phi) is 5.60. The highest BCUT2D eigenvalue weighted by Crippen LogP contribution is 2.43. The lowest BCUT2D eigenvalue weighted by Crippen LogP contribution is -2.29. The van der Waals surface area contributed by atoms with Crippen molar-refractivity contribution in [3.05, 3.63) is 76.2 Å². The molecule has 1 saturated heterocycles. The number of nitrogens with one attached hydrogen (secondary N) is 2. The smallest absolute Gasteiger partial charge is 0.224 e. The fourth-order valence-corrected chi connectivity index (χ4v) is 4.76. The molecular formula is C22H22N4OS2. The molecule has 29 heavy (non-hydrogen) atoms. The van der Waals surface area contributed by atoms with Crippen LogP contribution in [0.1, 0.15) is 41.6 Å². The van der Waals surface area contributed by atoms with Crippen LogP contribution in [0.2, 0.25) is 0 Å². The standard InChI is InChI=1S/C22H22N4OS2/c1-3-19(27)24-16-10-9-15(13-14(16)2)26-21(18-8-6-12-29-18)20(25-22(26)28)17-7-4-5-11-23-17/h4-13,20-21H,3H2,1-2H3,(H,24,27)(H,25,28)/t20-,21-/m1/s1. The molecular weight excluding hydrogens is 400 g/mol. The largest absolute Gasteiger partial charge is 0.351 e. The SMILES string of the molecule is CCC(=O)Nc1ccc(N2C(=S)N[C@H](c3ccccn3)[C@H]2c2cccs2)cc1C. The Balaban J connectivity index is 1.73. The molecule has 2 atom stereocenters. The summed E-state index contributed by atoms with van der Waals surface area (Å²) in [6.07, 6.45) is 2.26. The van der Waals surface area contributed by atoms with Gasteiger partial charge in [0.25, 0.3) is 0 Å². The summed E-state index contributed by atoms with van der Waals surface area (Å²) in [4.78, 5) is 19.7. The first-order chi connectivity index (χ1) is 14.1. The molecule has 2 aromatic heterocycles. The summed E-state index contributed by atoms with van der Waals surface area (Å²) in [5.74, 6) is 0.00545. The average Bonchev–Trinajstić information content (AvgIpc) is 3.37. The van der Waals surface area contributed by atoms with Crippen LogP contribution < -0.4 is 15.5 Å². The van der Waals surface area contributed by atoms with E-state index in [4.69, 9.17) is 12.2 Å². The Hall–Kier alpha value is -2.77. The molecule has 0 unspecified atom stereocenters. The number of carbonyl (C=O) groups is 1. The Morgan fingerprint density at radius 2 is 2.14 bits per heavy atom. The number of amides is 1. The predicted molar refractivity (Wildman–Crippen MR) is 122 cm³/mol. The number of aryl methyl sites for hydroxylation is 1. The maximum atomic E-state index is 11.8. The van der Waals surface area contributed by atoms with Gasteiger partial charge in [0, 0.05) is 28.9 Å². The number of benzene rings is 1. The van der Waals surface area contributed by atoms with E-state index in [-0.39, 0.29) is 18.0 Å². The number of nitrogens with zero attached hydrogens (tertiary/aromatic N) is 2. The Bertz CT molecular complexity index is 1020. The van der Waals surface area contributed by atoms with Gasteiger partial charge in [0.2, 0.25) is 5.91 Å². The lowest BCUT2D eigenvalue weighted by Gasteiger charge is -2.27. The van der Waals surface area contributed by atoms with Crippen molar-refractivity contribution in [3.63, 3.8) is 0 Å². The topological polar surface area (TPSA) is 57.3 Å². The molecule has 0 radical (unpaired) electrons. The molecule has 1 aromatic carbocycles. The maximum Gasteiger partial charge on any atom is 0.224 e. The molecule has 0 saturated carbocycles. The van der Waals surface area contributed by atoms with Crippen LogP contribution >= 0.6 is 23.6 Å². The number of carbonyl (C=O) groups excluding carboxylic acids is 1. The fraction of sp³-hybridized carbons (Fsp3) is 0.227. The number of pyridine rings is 1. The molecule has 1 fully saturated rings. The highest BCUT2D eigenvalue weighted by Gasteiger charge is 2.41. The molecule has 0 bridgehead atoms. The number of thiophene rings is 1. The second-order valence-corrected chi connectivity index (χ2v) is 8.28. The third-order valence-corrected chi connectivity index (χ3v) is 6.27. The van der Waals surface area contributed by atoms with Gasteiger partial charge >= 0.3 is 0 Å². The molecule has 3 aromatic rings. The van der Waals surface area contributed by atoms with Gasteiger partial charge in [0.1, 0.15) is 0 Å². The van der Waals surface area contributed by atoms with Gasteiger partial charge in [-0.3, -0.25) is 9.78 Å². The summed E-state index contributed by atoms with van der Waals surface area (Å²) in [6.45, 7) is 3.84. The molecule has 0 aliphatic carbocycles. The van der Waals surface area contributed by atoms with E-state index in [9.17, 15) is 4.79 Å². The summed E-state index contributed by atoms with van der Waals surface area (Å²) in [5, 5.41) is 9.17. The van der Waals surface area contributed by atoms with E-state index in [0.29, 0.717) is 11.5 Å². The quantitative estimate of drug-likeness (QED) is 0.568. The van der Waals surface area contributed by atoms with Gasteiger partial charge in [-0.1, -0.05) is 19.1 Å². The van der Waals surface area contributed by atoms with E-state index < -0.39 is 0 Å². The Morgan fingerprint density at radius 1 is 1.28 bits per heavy atom. The minimum Gasteiger partial charge on any atom is -0.351 e. The van der Waals surface area contributed by atoms with Crippen LogP contribution in [0, 0.1) is 6.92 Å². The number of hydrogen-bond donors (Lipinski definition) is 2. The van der Waals surface area contributed by atoms with Crippen molar-refractivity contribution in [2.45, 2.75) is 32.4 Å². The van der Waals surface area contributed by atoms with Crippen molar-refractivity contribution in [3.8, 4) is 0 Å². The molecule has 148 valence electrons. The predicted octanol–water partition coefficient (Wildman–Crippen LogP) is 4.98. The van der Waals surface area contributed by atoms with Crippen molar-refractivity contribution in [1.82, 2.24) is 10.3 Å². The van der Waals surface area contributed by atoms with Crippen LogP contribution in [-0.4, -0.2) is 16.0 Å². The number of aromatic nitrogens is 1. The van der Waals surface area contributed by atoms with Crippen molar-refractivity contribution < 1.29 is 4.79 Å². The first-order valence-corrected chi connectivity index (χ1v) is 10.8. The zero-order valence-electron chi connectivity index (χ0n) is 16.3. The van der Waals surface area contributed by atoms with Gasteiger partial charge in [-0.25, -0.2) is 0 Å². The summed E-state index contributed by atoms with van der Waals surface area (Å²) in [6, 6.07) is 16.1. The lowest BCUT2D eigenvalue weighted by molar-refractivity contribution is -0.115. The monoisotopic (exact) mass is 422 g/mol. The Morgan fingerprint density at radius 3 is 2.79 bits per heavy atom. The number of anilines is 2. The van der Waals surface area contributed by atoms with Gasteiger partial charge in [-0.2, -0.15) is 0 Å². The average molecular weight is 423 g/mol. The van der Waals surface area contributed by atoms with Gasteiger partial charge in [-0.15, -0.1) is 11.3 Å². The van der Waals surface area contributed by atoms with Crippen LogP contribution in [0.25, 0.3) is 0 Å². The van der Waals surface area contributed by atoms with E-state index in [2.05, 4.69) is 44.1 Å². The highest BCUT2D eigenvalue weighted by atomic mass is 32.1. The van der Waals surface area contributed by atoms with Crippen LogP contribution in [-0.2, 0) is 4.79 Å². The van der Waals surface area contributed by atoms with Gasteiger partial charge in [0.05, 0.1) is 17.8 Å². The van der Waals surface area contributed by atoms with Crippen molar-refractivity contribution >= 4 is 45.9 Å². The van der Waals surface area contributed by atoms with Gasteiger partial charge in [-0.05, 0) is 66.5 Å². The third-order valence-electron chi connectivity index (χ3n) is 5.02. The van der Waals surface area contributed by atoms with Crippen molar-refractivity contribution in [1.29, 1.82) is 0 Å². The first kappa shape index (κ1) is 19.5. The lowest BCUT2D eigenvalue weighted by atomic mass is 10.0. The van der Waals surface area contributed by atoms with Gasteiger partial charge in [0.15, 0.2) is 5.11 Å². The Labute approximate surface area is 179 Å². The van der Waals surface area contributed by atoms with E-state index in [1.165, 1.54) is 4.88 Å². The molecule has 4 rings (SSSR count). The van der Waals surface area contributed by atoms with E-state index in [1.54, 1.807) is 11.3 Å². The third kappa shape index (κ3) is 3.88. The van der Waals surface area contributed by atoms with Gasteiger partial charge < -0.3 is 15.5 Å². The fourth-order valence-electron chi connectivity index (χ4n) is 3.56.